The highest BCUT2D eigenvalue weighted by Gasteiger charge is 2.05. The number of ether oxygens (including phenoxy) is 1. The van der Waals surface area contributed by atoms with Crippen LogP contribution in [-0.4, -0.2) is 6.61 Å². The Morgan fingerprint density at radius 3 is 2.61 bits per heavy atom. The van der Waals surface area contributed by atoms with Crippen LogP contribution in [0, 0.1) is 0 Å². The fraction of sp³-hybridized carbons (Fsp3) is 0.333. The van der Waals surface area contributed by atoms with Crippen molar-refractivity contribution in [3.8, 4) is 16.9 Å². The third-order valence-electron chi connectivity index (χ3n) is 2.89. The Kier molecular flexibility index (Phi) is 4.79. The molecule has 96 valence electrons. The average molecular weight is 261 g/mol. The molecule has 1 aromatic heterocycles. The molecule has 1 heterocycles. The van der Waals surface area contributed by atoms with Crippen molar-refractivity contribution in [3.63, 3.8) is 0 Å². The minimum atomic E-state index is 0.591. The Labute approximate surface area is 112 Å². The number of hydrogen-bond acceptors (Lipinski definition) is 3. The van der Waals surface area contributed by atoms with Crippen molar-refractivity contribution in [2.45, 2.75) is 26.3 Å². The molecule has 0 radical (unpaired) electrons. The first kappa shape index (κ1) is 13.1. The highest BCUT2D eigenvalue weighted by atomic mass is 32.1. The predicted molar refractivity (Wildman–Crippen MR) is 78.0 cm³/mol. The van der Waals surface area contributed by atoms with Crippen molar-refractivity contribution >= 4 is 11.3 Å². The number of nitrogens with two attached hydrogens (primary N) is 1. The summed E-state index contributed by atoms with van der Waals surface area (Å²) in [6.45, 7) is 3.55. The van der Waals surface area contributed by atoms with E-state index in [-0.39, 0.29) is 0 Å². The van der Waals surface area contributed by atoms with E-state index in [2.05, 4.69) is 29.8 Å². The smallest absolute Gasteiger partial charge is 0.119 e. The molecular formula is C15H19NOS. The molecule has 3 heteroatoms. The summed E-state index contributed by atoms with van der Waals surface area (Å²) >= 11 is 1.70. The summed E-state index contributed by atoms with van der Waals surface area (Å²) in [5.41, 5.74) is 9.38. The van der Waals surface area contributed by atoms with Gasteiger partial charge in [-0.1, -0.05) is 25.5 Å². The maximum Gasteiger partial charge on any atom is 0.119 e. The van der Waals surface area contributed by atoms with Crippen LogP contribution in [0.15, 0.2) is 35.0 Å². The number of rotatable bonds is 6. The summed E-state index contributed by atoms with van der Waals surface area (Å²) in [5, 5.41) is 4.26. The topological polar surface area (TPSA) is 35.2 Å². The van der Waals surface area contributed by atoms with Gasteiger partial charge in [-0.3, -0.25) is 0 Å². The van der Waals surface area contributed by atoms with Crippen molar-refractivity contribution in [1.29, 1.82) is 0 Å². The number of unbranched alkanes of at least 4 members (excludes halogenated alkanes) is 1. The third kappa shape index (κ3) is 3.12. The summed E-state index contributed by atoms with van der Waals surface area (Å²) in [7, 11) is 0. The third-order valence-corrected chi connectivity index (χ3v) is 3.69. The summed E-state index contributed by atoms with van der Waals surface area (Å²) < 4.78 is 5.65. The van der Waals surface area contributed by atoms with Crippen LogP contribution in [-0.2, 0) is 6.54 Å². The fourth-order valence-electron chi connectivity index (χ4n) is 1.80. The quantitative estimate of drug-likeness (QED) is 0.796. The molecule has 0 aliphatic carbocycles. The molecule has 0 saturated carbocycles. The molecule has 0 bridgehead atoms. The minimum absolute atomic E-state index is 0.591. The lowest BCUT2D eigenvalue weighted by molar-refractivity contribution is 0.309. The summed E-state index contributed by atoms with van der Waals surface area (Å²) in [6.07, 6.45) is 2.26. The van der Waals surface area contributed by atoms with E-state index in [1.807, 2.05) is 12.1 Å². The second kappa shape index (κ2) is 6.57. The first-order chi connectivity index (χ1) is 8.85. The van der Waals surface area contributed by atoms with Gasteiger partial charge in [0.1, 0.15) is 5.75 Å². The molecule has 0 saturated heterocycles. The molecule has 2 nitrogen and oxygen atoms in total. The van der Waals surface area contributed by atoms with Crippen LogP contribution in [0.4, 0.5) is 0 Å². The van der Waals surface area contributed by atoms with E-state index in [1.54, 1.807) is 11.3 Å². The molecule has 0 aliphatic rings. The molecule has 0 atom stereocenters. The molecule has 0 fully saturated rings. The second-order valence-corrected chi connectivity index (χ2v) is 4.98. The largest absolute Gasteiger partial charge is 0.494 e. The van der Waals surface area contributed by atoms with Gasteiger partial charge < -0.3 is 10.5 Å². The Balaban J connectivity index is 2.07. The molecule has 2 rings (SSSR count). The molecule has 2 N–H and O–H groups in total. The van der Waals surface area contributed by atoms with Crippen LogP contribution in [0.1, 0.15) is 25.3 Å². The molecule has 1 aromatic carbocycles. The van der Waals surface area contributed by atoms with Crippen molar-refractivity contribution < 1.29 is 4.74 Å². The summed E-state index contributed by atoms with van der Waals surface area (Å²) in [4.78, 5) is 0. The number of benzene rings is 1. The lowest BCUT2D eigenvalue weighted by Gasteiger charge is -2.07. The van der Waals surface area contributed by atoms with Crippen LogP contribution < -0.4 is 10.5 Å². The Morgan fingerprint density at radius 1 is 1.17 bits per heavy atom. The average Bonchev–Trinajstić information content (AvgIpc) is 2.88. The second-order valence-electron chi connectivity index (χ2n) is 4.24. The maximum absolute atomic E-state index is 5.73. The fourth-order valence-corrected chi connectivity index (χ4v) is 2.68. The molecular weight excluding hydrogens is 242 g/mol. The van der Waals surface area contributed by atoms with Crippen LogP contribution >= 0.6 is 11.3 Å². The lowest BCUT2D eigenvalue weighted by Crippen LogP contribution is -1.97. The van der Waals surface area contributed by atoms with Gasteiger partial charge in [0, 0.05) is 6.54 Å². The van der Waals surface area contributed by atoms with Gasteiger partial charge in [-0.05, 0) is 46.0 Å². The molecule has 0 spiro atoms. The highest BCUT2D eigenvalue weighted by Crippen LogP contribution is 2.28. The molecule has 0 unspecified atom stereocenters. The monoisotopic (exact) mass is 261 g/mol. The van der Waals surface area contributed by atoms with Gasteiger partial charge in [-0.25, -0.2) is 0 Å². The Bertz CT molecular complexity index is 475. The van der Waals surface area contributed by atoms with Gasteiger partial charge in [0.25, 0.3) is 0 Å². The normalized spacial score (nSPS) is 10.6. The highest BCUT2D eigenvalue weighted by molar-refractivity contribution is 7.08. The number of thiophene rings is 1. The van der Waals surface area contributed by atoms with Crippen LogP contribution in [0.2, 0.25) is 0 Å². The molecule has 0 aliphatic heterocycles. The van der Waals surface area contributed by atoms with E-state index in [9.17, 15) is 0 Å². The van der Waals surface area contributed by atoms with E-state index < -0.39 is 0 Å². The van der Waals surface area contributed by atoms with Crippen LogP contribution in [0.5, 0.6) is 5.75 Å². The van der Waals surface area contributed by atoms with E-state index in [0.717, 1.165) is 25.2 Å². The van der Waals surface area contributed by atoms with Gasteiger partial charge in [0.2, 0.25) is 0 Å². The first-order valence-corrected chi connectivity index (χ1v) is 7.27. The summed E-state index contributed by atoms with van der Waals surface area (Å²) in [6, 6.07) is 8.26. The Morgan fingerprint density at radius 2 is 1.94 bits per heavy atom. The zero-order valence-electron chi connectivity index (χ0n) is 10.7. The van der Waals surface area contributed by atoms with E-state index in [4.69, 9.17) is 10.5 Å². The van der Waals surface area contributed by atoms with E-state index >= 15 is 0 Å². The first-order valence-electron chi connectivity index (χ1n) is 6.33. The summed E-state index contributed by atoms with van der Waals surface area (Å²) in [5.74, 6) is 0.941. The molecule has 18 heavy (non-hydrogen) atoms. The van der Waals surface area contributed by atoms with Gasteiger partial charge >= 0.3 is 0 Å². The van der Waals surface area contributed by atoms with Gasteiger partial charge in [-0.2, -0.15) is 11.3 Å². The van der Waals surface area contributed by atoms with Crippen LogP contribution in [0.25, 0.3) is 11.1 Å². The van der Waals surface area contributed by atoms with Crippen molar-refractivity contribution in [2.24, 2.45) is 5.73 Å². The lowest BCUT2D eigenvalue weighted by atomic mass is 10.0. The maximum atomic E-state index is 5.73. The van der Waals surface area contributed by atoms with Crippen molar-refractivity contribution in [3.05, 3.63) is 40.6 Å². The molecule has 0 amide bonds. The van der Waals surface area contributed by atoms with E-state index in [1.165, 1.54) is 16.7 Å². The zero-order valence-corrected chi connectivity index (χ0v) is 11.5. The Hall–Kier alpha value is -1.32. The standard InChI is InChI=1S/C15H19NOS/c1-2-3-8-17-14-6-4-12(5-7-14)15-11-18-10-13(15)9-16/h4-7,10-11H,2-3,8-9,16H2,1H3. The molecule has 2 aromatic rings. The number of hydrogen-bond donors (Lipinski definition) is 1. The van der Waals surface area contributed by atoms with Crippen LogP contribution in [0.3, 0.4) is 0 Å². The SMILES string of the molecule is CCCCOc1ccc(-c2cscc2CN)cc1. The van der Waals surface area contributed by atoms with E-state index in [0.29, 0.717) is 6.54 Å². The van der Waals surface area contributed by atoms with Gasteiger partial charge in [0.15, 0.2) is 0 Å². The van der Waals surface area contributed by atoms with Gasteiger partial charge in [0.05, 0.1) is 6.61 Å². The zero-order chi connectivity index (χ0) is 12.8. The predicted octanol–water partition coefficient (Wildman–Crippen LogP) is 4.05. The van der Waals surface area contributed by atoms with Crippen molar-refractivity contribution in [1.82, 2.24) is 0 Å². The minimum Gasteiger partial charge on any atom is -0.494 e. The van der Waals surface area contributed by atoms with Crippen molar-refractivity contribution in [2.75, 3.05) is 6.61 Å². The van der Waals surface area contributed by atoms with Gasteiger partial charge in [-0.15, -0.1) is 0 Å².